The van der Waals surface area contributed by atoms with E-state index in [4.69, 9.17) is 18.8 Å². The Hall–Kier alpha value is -4.86. The normalized spacial score (nSPS) is 12.0. The summed E-state index contributed by atoms with van der Waals surface area (Å²) in [4.78, 5) is 35.5. The number of nitrogens with one attached hydrogen (secondary N) is 2. The number of benzene rings is 2. The van der Waals surface area contributed by atoms with Crippen molar-refractivity contribution in [2.45, 2.75) is 12.5 Å². The molecule has 0 saturated heterocycles. The van der Waals surface area contributed by atoms with Gasteiger partial charge in [-0.05, 0) is 34.4 Å². The fourth-order valence-corrected chi connectivity index (χ4v) is 4.02. The highest BCUT2D eigenvalue weighted by atomic mass is 16.6. The number of nitrogens with zero attached hydrogens (tertiary/aromatic N) is 1. The Morgan fingerprint density at radius 2 is 1.66 bits per heavy atom. The molecule has 0 atom stereocenters. The summed E-state index contributed by atoms with van der Waals surface area (Å²) in [7, 11) is 0. The van der Waals surface area contributed by atoms with Crippen LogP contribution in [0.1, 0.15) is 43.8 Å². The third-order valence-corrected chi connectivity index (χ3v) is 5.61. The number of fused-ring (bicyclic) bond motifs is 3. The summed E-state index contributed by atoms with van der Waals surface area (Å²) >= 11 is 0. The van der Waals surface area contributed by atoms with Crippen LogP contribution in [0.5, 0.6) is 0 Å². The number of furan rings is 1. The minimum Gasteiger partial charge on any atom is -0.475 e. The molecule has 0 aliphatic heterocycles. The van der Waals surface area contributed by atoms with Gasteiger partial charge in [-0.3, -0.25) is 10.1 Å². The van der Waals surface area contributed by atoms with Gasteiger partial charge in [-0.25, -0.2) is 9.59 Å². The van der Waals surface area contributed by atoms with Gasteiger partial charge in [-0.1, -0.05) is 53.7 Å². The van der Waals surface area contributed by atoms with Gasteiger partial charge in [0, 0.05) is 12.0 Å². The average Bonchev–Trinajstić information content (AvgIpc) is 3.59. The first-order chi connectivity index (χ1) is 17.0. The lowest BCUT2D eigenvalue weighted by Gasteiger charge is -2.13. The summed E-state index contributed by atoms with van der Waals surface area (Å²) in [6.45, 7) is 0.0803. The van der Waals surface area contributed by atoms with E-state index in [0.29, 0.717) is 0 Å². The molecule has 0 spiro atoms. The van der Waals surface area contributed by atoms with E-state index in [2.05, 4.69) is 15.8 Å². The van der Waals surface area contributed by atoms with E-state index in [9.17, 15) is 14.4 Å². The van der Waals surface area contributed by atoms with Crippen molar-refractivity contribution in [2.24, 2.45) is 0 Å². The SMILES string of the molecule is O=C(Nc1cc(C(=O)NCc2ccc(C(=O)O)o2)no1)OCC1c2ccccc2-c2ccccc21. The Morgan fingerprint density at radius 3 is 2.31 bits per heavy atom. The fourth-order valence-electron chi connectivity index (χ4n) is 4.02. The van der Waals surface area contributed by atoms with Crippen molar-refractivity contribution >= 4 is 23.9 Å². The number of aromatic carboxylic acids is 1. The number of anilines is 1. The van der Waals surface area contributed by atoms with Gasteiger partial charge in [-0.2, -0.15) is 0 Å². The molecule has 0 bridgehead atoms. The number of carboxylic acids is 1. The van der Waals surface area contributed by atoms with Crippen molar-refractivity contribution in [1.29, 1.82) is 0 Å². The van der Waals surface area contributed by atoms with E-state index in [1.165, 1.54) is 18.2 Å². The zero-order valence-corrected chi connectivity index (χ0v) is 18.2. The van der Waals surface area contributed by atoms with E-state index < -0.39 is 18.0 Å². The molecular weight excluding hydrogens is 454 g/mol. The lowest BCUT2D eigenvalue weighted by atomic mass is 9.98. The van der Waals surface area contributed by atoms with Gasteiger partial charge >= 0.3 is 12.1 Å². The molecule has 10 nitrogen and oxygen atoms in total. The highest BCUT2D eigenvalue weighted by Gasteiger charge is 2.29. The Labute approximate surface area is 198 Å². The first-order valence-electron chi connectivity index (χ1n) is 10.7. The highest BCUT2D eigenvalue weighted by Crippen LogP contribution is 2.44. The van der Waals surface area contributed by atoms with Gasteiger partial charge in [0.15, 0.2) is 5.69 Å². The molecule has 3 N–H and O–H groups in total. The van der Waals surface area contributed by atoms with Gasteiger partial charge < -0.3 is 24.1 Å². The lowest BCUT2D eigenvalue weighted by Crippen LogP contribution is -2.22. The first-order valence-corrected chi connectivity index (χ1v) is 10.7. The molecule has 2 heterocycles. The van der Waals surface area contributed by atoms with Crippen LogP contribution in [0, 0.1) is 0 Å². The summed E-state index contributed by atoms with van der Waals surface area (Å²) in [5.41, 5.74) is 4.34. The zero-order valence-electron chi connectivity index (χ0n) is 18.2. The van der Waals surface area contributed by atoms with Crippen LogP contribution in [0.15, 0.2) is 75.7 Å². The summed E-state index contributed by atoms with van der Waals surface area (Å²) in [6.07, 6.45) is -0.744. The average molecular weight is 473 g/mol. The molecule has 35 heavy (non-hydrogen) atoms. The molecule has 4 aromatic rings. The Morgan fingerprint density at radius 1 is 0.971 bits per heavy atom. The summed E-state index contributed by atoms with van der Waals surface area (Å²) in [5.74, 6) is -1.92. The predicted molar refractivity (Wildman–Crippen MR) is 122 cm³/mol. The number of amides is 2. The summed E-state index contributed by atoms with van der Waals surface area (Å²) in [6, 6.07) is 20.0. The fraction of sp³-hybridized carbons (Fsp3) is 0.120. The second kappa shape index (κ2) is 9.18. The maximum Gasteiger partial charge on any atom is 0.414 e. The molecular formula is C25H19N3O7. The standard InChI is InChI=1S/C25H19N3O7/c29-23(26-12-14-9-10-21(34-14)24(30)31)20-11-22(35-28-20)27-25(32)33-13-19-17-7-3-1-5-15(17)16-6-2-4-8-18(16)19/h1-11,19H,12-13H2,(H,26,29)(H,27,32)(H,30,31). The number of carbonyl (C=O) groups excluding carboxylic acids is 2. The van der Waals surface area contributed by atoms with Crippen LogP contribution >= 0.6 is 0 Å². The maximum absolute atomic E-state index is 12.4. The number of hydrogen-bond donors (Lipinski definition) is 3. The van der Waals surface area contributed by atoms with Crippen LogP contribution in [0.4, 0.5) is 10.7 Å². The molecule has 0 saturated carbocycles. The third-order valence-electron chi connectivity index (χ3n) is 5.61. The number of rotatable bonds is 7. The van der Waals surface area contributed by atoms with Crippen molar-refractivity contribution in [3.8, 4) is 11.1 Å². The second-order valence-electron chi connectivity index (χ2n) is 7.78. The molecule has 0 fully saturated rings. The van der Waals surface area contributed by atoms with Gasteiger partial charge in [0.2, 0.25) is 11.6 Å². The van der Waals surface area contributed by atoms with E-state index in [-0.39, 0.29) is 42.2 Å². The topological polar surface area (TPSA) is 144 Å². The highest BCUT2D eigenvalue weighted by molar-refractivity contribution is 5.93. The molecule has 1 aliphatic rings. The molecule has 5 rings (SSSR count). The molecule has 10 heteroatoms. The summed E-state index contributed by atoms with van der Waals surface area (Å²) < 4.78 is 15.5. The third kappa shape index (κ3) is 4.49. The lowest BCUT2D eigenvalue weighted by molar-refractivity contribution is 0.0660. The largest absolute Gasteiger partial charge is 0.475 e. The van der Waals surface area contributed by atoms with Crippen LogP contribution in [-0.2, 0) is 11.3 Å². The molecule has 2 aromatic heterocycles. The zero-order chi connectivity index (χ0) is 24.4. The van der Waals surface area contributed by atoms with Crippen molar-refractivity contribution in [1.82, 2.24) is 10.5 Å². The van der Waals surface area contributed by atoms with Crippen molar-refractivity contribution in [2.75, 3.05) is 11.9 Å². The quantitative estimate of drug-likeness (QED) is 0.361. The number of hydrogen-bond acceptors (Lipinski definition) is 7. The molecule has 1 aliphatic carbocycles. The van der Waals surface area contributed by atoms with Crippen molar-refractivity contribution in [3.05, 3.63) is 95.1 Å². The van der Waals surface area contributed by atoms with Crippen molar-refractivity contribution < 1.29 is 33.2 Å². The van der Waals surface area contributed by atoms with Gasteiger partial charge in [0.05, 0.1) is 6.54 Å². The number of carbonyl (C=O) groups is 3. The molecule has 0 radical (unpaired) electrons. The van der Waals surface area contributed by atoms with Crippen LogP contribution in [-0.4, -0.2) is 34.8 Å². The minimum atomic E-state index is -1.21. The van der Waals surface area contributed by atoms with Gasteiger partial charge in [0.25, 0.3) is 5.91 Å². The van der Waals surface area contributed by atoms with Crippen LogP contribution in [0.2, 0.25) is 0 Å². The molecule has 2 aromatic carbocycles. The first kappa shape index (κ1) is 22.0. The monoisotopic (exact) mass is 473 g/mol. The van der Waals surface area contributed by atoms with Crippen molar-refractivity contribution in [3.63, 3.8) is 0 Å². The predicted octanol–water partition coefficient (Wildman–Crippen LogP) is 4.26. The van der Waals surface area contributed by atoms with Crippen LogP contribution in [0.3, 0.4) is 0 Å². The van der Waals surface area contributed by atoms with E-state index in [1.54, 1.807) is 0 Å². The smallest absolute Gasteiger partial charge is 0.414 e. The van der Waals surface area contributed by atoms with E-state index in [1.807, 2.05) is 48.5 Å². The Balaban J connectivity index is 1.16. The van der Waals surface area contributed by atoms with Gasteiger partial charge in [-0.15, -0.1) is 0 Å². The van der Waals surface area contributed by atoms with E-state index >= 15 is 0 Å². The number of carboxylic acid groups (broad SMARTS) is 1. The second-order valence-corrected chi connectivity index (χ2v) is 7.78. The number of aromatic nitrogens is 1. The summed E-state index contributed by atoms with van der Waals surface area (Å²) in [5, 5.41) is 17.4. The Kier molecular flexibility index (Phi) is 5.76. The minimum absolute atomic E-state index is 0.0475. The van der Waals surface area contributed by atoms with E-state index in [0.717, 1.165) is 22.3 Å². The molecule has 0 unspecified atom stereocenters. The van der Waals surface area contributed by atoms with Crippen LogP contribution < -0.4 is 10.6 Å². The molecule has 176 valence electrons. The number of ether oxygens (including phenoxy) is 1. The Bertz CT molecular complexity index is 1380. The molecule has 2 amide bonds. The van der Waals surface area contributed by atoms with Crippen LogP contribution in [0.25, 0.3) is 11.1 Å². The maximum atomic E-state index is 12.4. The van der Waals surface area contributed by atoms with Gasteiger partial charge in [0.1, 0.15) is 12.4 Å².